The zero-order valence-electron chi connectivity index (χ0n) is 7.63. The highest BCUT2D eigenvalue weighted by atomic mass is 32.1. The molecule has 1 nitrogen and oxygen atoms in total. The Kier molecular flexibility index (Phi) is 1.56. The first-order valence-electron chi connectivity index (χ1n) is 4.65. The minimum atomic E-state index is 0.892. The second-order valence-corrected chi connectivity index (χ2v) is 4.48. The van der Waals surface area contributed by atoms with Gasteiger partial charge in [0.15, 0.2) is 0 Å². The summed E-state index contributed by atoms with van der Waals surface area (Å²) in [6, 6.07) is 6.10. The van der Waals surface area contributed by atoms with Gasteiger partial charge in [-0.2, -0.15) is 0 Å². The quantitative estimate of drug-likeness (QED) is 0.512. The van der Waals surface area contributed by atoms with E-state index in [9.17, 15) is 0 Å². The summed E-state index contributed by atoms with van der Waals surface area (Å²) < 4.78 is 1.27. The van der Waals surface area contributed by atoms with E-state index in [1.54, 1.807) is 11.3 Å². The van der Waals surface area contributed by atoms with Gasteiger partial charge in [-0.25, -0.2) is 0 Å². The fourth-order valence-electron chi connectivity index (χ4n) is 1.91. The molecule has 0 atom stereocenters. The number of nitrogen functional groups attached to an aromatic ring is 1. The molecule has 1 aromatic carbocycles. The zero-order chi connectivity index (χ0) is 9.54. The number of hydrogen-bond acceptors (Lipinski definition) is 2. The van der Waals surface area contributed by atoms with Gasteiger partial charge in [-0.1, -0.05) is 17.9 Å². The molecule has 0 bridgehead atoms. The van der Waals surface area contributed by atoms with E-state index in [0.29, 0.717) is 0 Å². The van der Waals surface area contributed by atoms with Crippen molar-refractivity contribution in [3.05, 3.63) is 28.6 Å². The molecule has 0 amide bonds. The molecule has 0 aliphatic heterocycles. The van der Waals surface area contributed by atoms with E-state index < -0.39 is 0 Å². The maximum atomic E-state index is 5.98. The van der Waals surface area contributed by atoms with E-state index in [-0.39, 0.29) is 0 Å². The van der Waals surface area contributed by atoms with Crippen molar-refractivity contribution in [1.29, 1.82) is 0 Å². The monoisotopic (exact) mass is 199 g/mol. The summed E-state index contributed by atoms with van der Waals surface area (Å²) in [5.41, 5.74) is 8.24. The van der Waals surface area contributed by atoms with Gasteiger partial charge in [0, 0.05) is 22.2 Å². The summed E-state index contributed by atoms with van der Waals surface area (Å²) in [6.07, 6.45) is 2.02. The molecule has 14 heavy (non-hydrogen) atoms. The van der Waals surface area contributed by atoms with Crippen molar-refractivity contribution in [3.8, 4) is 11.8 Å². The van der Waals surface area contributed by atoms with Crippen molar-refractivity contribution in [1.82, 2.24) is 0 Å². The Morgan fingerprint density at radius 3 is 3.21 bits per heavy atom. The lowest BCUT2D eigenvalue weighted by Gasteiger charge is -2.03. The highest BCUT2D eigenvalue weighted by molar-refractivity contribution is 7.19. The number of anilines is 1. The second-order valence-electron chi connectivity index (χ2n) is 3.43. The first-order chi connectivity index (χ1) is 6.86. The van der Waals surface area contributed by atoms with E-state index in [0.717, 1.165) is 18.5 Å². The number of thiophene rings is 1. The van der Waals surface area contributed by atoms with Gasteiger partial charge < -0.3 is 5.73 Å². The molecular weight excluding hydrogens is 190 g/mol. The van der Waals surface area contributed by atoms with Crippen LogP contribution in [-0.4, -0.2) is 0 Å². The van der Waals surface area contributed by atoms with Gasteiger partial charge in [0.2, 0.25) is 0 Å². The second kappa shape index (κ2) is 2.76. The van der Waals surface area contributed by atoms with E-state index in [4.69, 9.17) is 5.73 Å². The van der Waals surface area contributed by atoms with Gasteiger partial charge in [0.1, 0.15) is 0 Å². The Hall–Kier alpha value is -1.46. The van der Waals surface area contributed by atoms with Crippen LogP contribution in [0.1, 0.15) is 16.9 Å². The molecule has 68 valence electrons. The molecule has 3 rings (SSSR count). The van der Waals surface area contributed by atoms with E-state index >= 15 is 0 Å². The number of benzene rings is 1. The third-order valence-corrected chi connectivity index (χ3v) is 3.66. The summed E-state index contributed by atoms with van der Waals surface area (Å²) in [5, 5.41) is 1.24. The standard InChI is InChI=1S/C12H9NS/c13-9-5-3-7-11-12(9)8-4-1-2-6-10(8)14-11/h3,5,7H,1,4,13H2. The molecule has 0 spiro atoms. The fraction of sp³-hybridized carbons (Fsp3) is 0.167. The van der Waals surface area contributed by atoms with Gasteiger partial charge in [-0.05, 0) is 24.1 Å². The molecule has 2 heteroatoms. The largest absolute Gasteiger partial charge is 0.398 e. The topological polar surface area (TPSA) is 26.0 Å². The Morgan fingerprint density at radius 2 is 2.29 bits per heavy atom. The molecule has 0 saturated carbocycles. The third-order valence-electron chi connectivity index (χ3n) is 2.55. The minimum Gasteiger partial charge on any atom is -0.398 e. The van der Waals surface area contributed by atoms with Crippen LogP contribution in [0.25, 0.3) is 10.1 Å². The van der Waals surface area contributed by atoms with Crippen molar-refractivity contribution in [3.63, 3.8) is 0 Å². The van der Waals surface area contributed by atoms with Crippen molar-refractivity contribution in [2.24, 2.45) is 0 Å². The van der Waals surface area contributed by atoms with Crippen LogP contribution < -0.4 is 5.73 Å². The lowest BCUT2D eigenvalue weighted by molar-refractivity contribution is 1.03. The normalized spacial score (nSPS) is 13.4. The van der Waals surface area contributed by atoms with Crippen molar-refractivity contribution in [2.75, 3.05) is 5.73 Å². The number of rotatable bonds is 0. The smallest absolute Gasteiger partial charge is 0.0814 e. The van der Waals surface area contributed by atoms with E-state index in [1.807, 2.05) is 12.1 Å². The zero-order valence-corrected chi connectivity index (χ0v) is 8.45. The van der Waals surface area contributed by atoms with Crippen LogP contribution in [0, 0.1) is 11.8 Å². The molecule has 0 fully saturated rings. The Balaban J connectivity index is 2.47. The molecule has 2 aromatic rings. The average molecular weight is 199 g/mol. The number of fused-ring (bicyclic) bond motifs is 3. The summed E-state index contributed by atoms with van der Waals surface area (Å²) in [6.45, 7) is 0. The molecule has 1 aromatic heterocycles. The van der Waals surface area contributed by atoms with Gasteiger partial charge in [0.25, 0.3) is 0 Å². The molecule has 0 unspecified atom stereocenters. The lowest BCUT2D eigenvalue weighted by Crippen LogP contribution is -1.92. The lowest BCUT2D eigenvalue weighted by atomic mass is 10.0. The first-order valence-corrected chi connectivity index (χ1v) is 5.46. The van der Waals surface area contributed by atoms with Crippen molar-refractivity contribution >= 4 is 27.1 Å². The number of nitrogens with two attached hydrogens (primary N) is 1. The van der Waals surface area contributed by atoms with Gasteiger partial charge >= 0.3 is 0 Å². The Labute approximate surface area is 86.5 Å². The Bertz CT molecular complexity index is 569. The number of hydrogen-bond donors (Lipinski definition) is 1. The minimum absolute atomic E-state index is 0.892. The van der Waals surface area contributed by atoms with Crippen LogP contribution in [0.5, 0.6) is 0 Å². The van der Waals surface area contributed by atoms with E-state index in [1.165, 1.54) is 20.5 Å². The predicted octanol–water partition coefficient (Wildman–Crippen LogP) is 2.78. The van der Waals surface area contributed by atoms with Crippen LogP contribution in [0.15, 0.2) is 18.2 Å². The highest BCUT2D eigenvalue weighted by Crippen LogP contribution is 2.36. The molecular formula is C12H9NS. The first kappa shape index (κ1) is 7.90. The van der Waals surface area contributed by atoms with E-state index in [2.05, 4.69) is 17.9 Å². The fourth-order valence-corrected chi connectivity index (χ4v) is 3.07. The van der Waals surface area contributed by atoms with Gasteiger partial charge in [-0.3, -0.25) is 0 Å². The summed E-state index contributed by atoms with van der Waals surface area (Å²) >= 11 is 1.76. The number of aryl methyl sites for hydroxylation is 1. The molecule has 0 saturated heterocycles. The summed E-state index contributed by atoms with van der Waals surface area (Å²) in [7, 11) is 0. The maximum Gasteiger partial charge on any atom is 0.0814 e. The summed E-state index contributed by atoms with van der Waals surface area (Å²) in [5.74, 6) is 6.33. The van der Waals surface area contributed by atoms with Crippen LogP contribution in [0.3, 0.4) is 0 Å². The molecule has 1 aliphatic rings. The SMILES string of the molecule is Nc1cccc2sc3c(c12)CCC#C3. The van der Waals surface area contributed by atoms with Gasteiger partial charge in [0.05, 0.1) is 4.88 Å². The Morgan fingerprint density at radius 1 is 1.36 bits per heavy atom. The maximum absolute atomic E-state index is 5.98. The van der Waals surface area contributed by atoms with Crippen LogP contribution >= 0.6 is 11.3 Å². The van der Waals surface area contributed by atoms with Crippen molar-refractivity contribution < 1.29 is 0 Å². The van der Waals surface area contributed by atoms with Crippen molar-refractivity contribution in [2.45, 2.75) is 12.8 Å². The molecule has 0 radical (unpaired) electrons. The molecule has 1 aliphatic carbocycles. The predicted molar refractivity (Wildman–Crippen MR) is 61.4 cm³/mol. The average Bonchev–Trinajstić information content (AvgIpc) is 2.57. The molecule has 2 N–H and O–H groups in total. The third kappa shape index (κ3) is 0.964. The van der Waals surface area contributed by atoms with Crippen LogP contribution in [0.4, 0.5) is 5.69 Å². The van der Waals surface area contributed by atoms with Crippen LogP contribution in [-0.2, 0) is 6.42 Å². The summed E-state index contributed by atoms with van der Waals surface area (Å²) in [4.78, 5) is 1.21. The molecule has 1 heterocycles. The van der Waals surface area contributed by atoms with Gasteiger partial charge in [-0.15, -0.1) is 11.3 Å². The van der Waals surface area contributed by atoms with Crippen LogP contribution in [0.2, 0.25) is 0 Å². The highest BCUT2D eigenvalue weighted by Gasteiger charge is 2.13.